The Labute approximate surface area is 206 Å². The Morgan fingerprint density at radius 1 is 0.971 bits per heavy atom. The molecule has 2 fully saturated rings. The second-order valence-corrected chi connectivity index (χ2v) is 9.55. The highest BCUT2D eigenvalue weighted by molar-refractivity contribution is 5.93. The molecular weight excluding hydrogens is 438 g/mol. The second kappa shape index (κ2) is 11.0. The lowest BCUT2D eigenvalue weighted by Gasteiger charge is -2.32. The van der Waals surface area contributed by atoms with Gasteiger partial charge in [0.15, 0.2) is 0 Å². The fourth-order valence-corrected chi connectivity index (χ4v) is 4.85. The maximum atomic E-state index is 11.7. The van der Waals surface area contributed by atoms with Crippen LogP contribution in [0.4, 0.5) is 0 Å². The van der Waals surface area contributed by atoms with Crippen LogP contribution in [-0.4, -0.2) is 54.3 Å². The molecule has 1 aliphatic carbocycles. The molecule has 35 heavy (non-hydrogen) atoms. The normalized spacial score (nSPS) is 17.5. The van der Waals surface area contributed by atoms with Gasteiger partial charge < -0.3 is 15.0 Å². The molecule has 6 heteroatoms. The summed E-state index contributed by atoms with van der Waals surface area (Å²) in [6, 6.07) is 22.9. The van der Waals surface area contributed by atoms with Crippen molar-refractivity contribution in [3.63, 3.8) is 0 Å². The van der Waals surface area contributed by atoms with E-state index in [0.29, 0.717) is 18.2 Å². The van der Waals surface area contributed by atoms with Gasteiger partial charge in [0.1, 0.15) is 12.4 Å². The van der Waals surface area contributed by atoms with Gasteiger partial charge in [0, 0.05) is 29.6 Å². The van der Waals surface area contributed by atoms with Crippen molar-refractivity contribution in [1.29, 1.82) is 0 Å². The number of ether oxygens (including phenoxy) is 1. The topological polar surface area (TPSA) is 73.8 Å². The van der Waals surface area contributed by atoms with Crippen molar-refractivity contribution in [2.45, 2.75) is 37.8 Å². The highest BCUT2D eigenvalue weighted by Gasteiger charge is 2.31. The Bertz CT molecular complexity index is 1170. The van der Waals surface area contributed by atoms with E-state index in [4.69, 9.17) is 9.94 Å². The number of benzene rings is 3. The quantitative estimate of drug-likeness (QED) is 0.313. The van der Waals surface area contributed by atoms with Crippen LogP contribution in [0.5, 0.6) is 5.75 Å². The third kappa shape index (κ3) is 6.09. The van der Waals surface area contributed by atoms with E-state index in [1.54, 1.807) is 17.6 Å². The summed E-state index contributed by atoms with van der Waals surface area (Å²) in [6.07, 6.45) is 7.22. The minimum absolute atomic E-state index is 0.416. The maximum absolute atomic E-state index is 11.7. The predicted octanol–water partition coefficient (Wildman–Crippen LogP) is 4.64. The third-order valence-corrected chi connectivity index (χ3v) is 7.02. The Morgan fingerprint density at radius 2 is 1.71 bits per heavy atom. The van der Waals surface area contributed by atoms with Crippen LogP contribution < -0.4 is 15.5 Å². The van der Waals surface area contributed by atoms with Crippen molar-refractivity contribution < 1.29 is 14.7 Å². The number of rotatable bonds is 9. The van der Waals surface area contributed by atoms with Crippen molar-refractivity contribution in [1.82, 2.24) is 15.7 Å². The first-order valence-electron chi connectivity index (χ1n) is 12.5. The van der Waals surface area contributed by atoms with E-state index in [9.17, 15) is 4.79 Å². The predicted molar refractivity (Wildman–Crippen MR) is 139 cm³/mol. The van der Waals surface area contributed by atoms with Gasteiger partial charge in [-0.25, -0.2) is 5.48 Å². The van der Waals surface area contributed by atoms with Crippen LogP contribution in [0, 0.1) is 0 Å². The van der Waals surface area contributed by atoms with Crippen molar-refractivity contribution in [2.75, 3.05) is 26.2 Å². The molecule has 0 bridgehead atoms. The number of likely N-dealkylation sites (tertiary alicyclic amines) is 1. The lowest BCUT2D eigenvalue weighted by Crippen LogP contribution is -2.44. The van der Waals surface area contributed by atoms with Gasteiger partial charge in [-0.1, -0.05) is 54.6 Å². The van der Waals surface area contributed by atoms with Crippen molar-refractivity contribution in [2.24, 2.45) is 0 Å². The van der Waals surface area contributed by atoms with E-state index in [0.717, 1.165) is 40.2 Å². The van der Waals surface area contributed by atoms with E-state index >= 15 is 0 Å². The fourth-order valence-electron chi connectivity index (χ4n) is 4.85. The fraction of sp³-hybridized carbons (Fsp3) is 0.345. The number of fused-ring (bicyclic) bond motifs is 1. The van der Waals surface area contributed by atoms with Crippen LogP contribution in [0.2, 0.25) is 0 Å². The van der Waals surface area contributed by atoms with Crippen LogP contribution >= 0.6 is 0 Å². The van der Waals surface area contributed by atoms with Gasteiger partial charge in [0.05, 0.1) is 0 Å². The van der Waals surface area contributed by atoms with E-state index in [1.807, 2.05) is 36.4 Å². The summed E-state index contributed by atoms with van der Waals surface area (Å²) in [6.45, 7) is 3.59. The smallest absolute Gasteiger partial charge is 0.274 e. The first-order chi connectivity index (χ1) is 17.2. The molecule has 1 saturated heterocycles. The Kier molecular flexibility index (Phi) is 7.42. The number of carbonyl (C=O) groups is 1. The summed E-state index contributed by atoms with van der Waals surface area (Å²) in [5.74, 6) is 0.362. The summed E-state index contributed by atoms with van der Waals surface area (Å²) >= 11 is 0. The highest BCUT2D eigenvalue weighted by Crippen LogP contribution is 2.29. The molecule has 0 aromatic heterocycles. The molecule has 0 spiro atoms. The molecule has 1 saturated carbocycles. The number of hydroxylamine groups is 1. The molecule has 0 radical (unpaired) electrons. The van der Waals surface area contributed by atoms with Crippen LogP contribution in [-0.2, 0) is 0 Å². The zero-order valence-electron chi connectivity index (χ0n) is 20.0. The molecule has 2 aliphatic rings. The SMILES string of the molecule is O=C(NO)c1ccc(/C=C(/CNC2CCN(C3CC3)CC2)COc2cccc3ccccc23)cc1. The lowest BCUT2D eigenvalue weighted by molar-refractivity contribution is 0.0706. The van der Waals surface area contributed by atoms with Crippen molar-refractivity contribution >= 4 is 22.8 Å². The Morgan fingerprint density at radius 3 is 2.46 bits per heavy atom. The van der Waals surface area contributed by atoms with Gasteiger partial charge in [-0.2, -0.15) is 0 Å². The van der Waals surface area contributed by atoms with E-state index in [2.05, 4.69) is 34.5 Å². The summed E-state index contributed by atoms with van der Waals surface area (Å²) in [7, 11) is 0. The van der Waals surface area contributed by atoms with E-state index < -0.39 is 5.91 Å². The molecule has 6 nitrogen and oxygen atoms in total. The zero-order chi connectivity index (χ0) is 24.0. The summed E-state index contributed by atoms with van der Waals surface area (Å²) in [5, 5.41) is 14.9. The number of hydrogen-bond acceptors (Lipinski definition) is 5. The molecule has 0 unspecified atom stereocenters. The Hall–Kier alpha value is -3.19. The van der Waals surface area contributed by atoms with Gasteiger partial charge >= 0.3 is 0 Å². The van der Waals surface area contributed by atoms with Crippen LogP contribution in [0.25, 0.3) is 16.8 Å². The number of nitrogens with one attached hydrogen (secondary N) is 2. The monoisotopic (exact) mass is 471 g/mol. The molecule has 3 N–H and O–H groups in total. The van der Waals surface area contributed by atoms with Gasteiger partial charge in [-0.3, -0.25) is 10.0 Å². The summed E-state index contributed by atoms with van der Waals surface area (Å²) in [4.78, 5) is 14.3. The summed E-state index contributed by atoms with van der Waals surface area (Å²) in [5.41, 5.74) is 4.22. The first kappa shape index (κ1) is 23.5. The average molecular weight is 472 g/mol. The zero-order valence-corrected chi connectivity index (χ0v) is 20.0. The maximum Gasteiger partial charge on any atom is 0.274 e. The number of hydrogen-bond donors (Lipinski definition) is 3. The standard InChI is InChI=1S/C29H33N3O3/c33-29(31-34)24-10-8-21(9-11-24)18-22(19-30-25-14-16-32(17-15-25)26-12-13-26)20-35-28-7-3-5-23-4-1-2-6-27(23)28/h1-11,18,25-26,30,34H,12-17,19-20H2,(H,31,33)/b22-18-. The van der Waals surface area contributed by atoms with E-state index in [1.165, 1.54) is 38.8 Å². The minimum atomic E-state index is -0.515. The molecule has 1 amide bonds. The van der Waals surface area contributed by atoms with E-state index in [-0.39, 0.29) is 0 Å². The third-order valence-electron chi connectivity index (χ3n) is 7.02. The molecule has 182 valence electrons. The number of piperidine rings is 1. The molecule has 0 atom stereocenters. The van der Waals surface area contributed by atoms with Crippen LogP contribution in [0.1, 0.15) is 41.6 Å². The van der Waals surface area contributed by atoms with Crippen LogP contribution in [0.15, 0.2) is 72.3 Å². The molecule has 3 aromatic rings. The second-order valence-electron chi connectivity index (χ2n) is 9.55. The number of amides is 1. The molecule has 1 heterocycles. The van der Waals surface area contributed by atoms with Crippen LogP contribution in [0.3, 0.4) is 0 Å². The molecule has 5 rings (SSSR count). The molecule has 1 aliphatic heterocycles. The van der Waals surface area contributed by atoms with Gasteiger partial charge in [0.2, 0.25) is 0 Å². The Balaban J connectivity index is 1.28. The minimum Gasteiger partial charge on any atom is -0.489 e. The molecule has 3 aromatic carbocycles. The highest BCUT2D eigenvalue weighted by atomic mass is 16.5. The van der Waals surface area contributed by atoms with Crippen molar-refractivity contribution in [3.05, 3.63) is 83.4 Å². The average Bonchev–Trinajstić information content (AvgIpc) is 3.76. The van der Waals surface area contributed by atoms with Gasteiger partial charge in [0.25, 0.3) is 5.91 Å². The van der Waals surface area contributed by atoms with Gasteiger partial charge in [-0.15, -0.1) is 0 Å². The molecular formula is C29H33N3O3. The number of carbonyl (C=O) groups excluding carboxylic acids is 1. The first-order valence-corrected chi connectivity index (χ1v) is 12.5. The lowest BCUT2D eigenvalue weighted by atomic mass is 10.0. The largest absolute Gasteiger partial charge is 0.489 e. The number of nitrogens with zero attached hydrogens (tertiary/aromatic N) is 1. The summed E-state index contributed by atoms with van der Waals surface area (Å²) < 4.78 is 6.32. The van der Waals surface area contributed by atoms with Crippen molar-refractivity contribution in [3.8, 4) is 5.75 Å². The van der Waals surface area contributed by atoms with Gasteiger partial charge in [-0.05, 0) is 73.5 Å².